The number of nitrogens with one attached hydrogen (secondary N) is 3. The summed E-state index contributed by atoms with van der Waals surface area (Å²) in [6.07, 6.45) is 5.98. The van der Waals surface area contributed by atoms with E-state index in [1.165, 1.54) is 0 Å². The quantitative estimate of drug-likeness (QED) is 0.689. The van der Waals surface area contributed by atoms with Crippen LogP contribution < -0.4 is 16.0 Å². The van der Waals surface area contributed by atoms with Gasteiger partial charge in [-0.05, 0) is 56.5 Å². The van der Waals surface area contributed by atoms with Crippen molar-refractivity contribution >= 4 is 41.5 Å². The second kappa shape index (κ2) is 8.94. The molecule has 1 saturated heterocycles. The van der Waals surface area contributed by atoms with E-state index < -0.39 is 0 Å². The predicted molar refractivity (Wildman–Crippen MR) is 111 cm³/mol. The topological polar surface area (TPSA) is 88.0 Å². The van der Waals surface area contributed by atoms with Crippen LogP contribution in [0, 0.1) is 0 Å². The van der Waals surface area contributed by atoms with Crippen molar-refractivity contribution in [1.82, 2.24) is 20.4 Å². The summed E-state index contributed by atoms with van der Waals surface area (Å²) in [6, 6.07) is 7.11. The first-order valence-electron chi connectivity index (χ1n) is 9.28. The summed E-state index contributed by atoms with van der Waals surface area (Å²) in [5.41, 5.74) is 1.22. The van der Waals surface area contributed by atoms with Crippen LogP contribution in [0.2, 0.25) is 5.02 Å². The number of nitrogens with zero attached hydrogens (tertiary/aromatic N) is 2. The van der Waals surface area contributed by atoms with Crippen LogP contribution in [0.15, 0.2) is 30.5 Å². The van der Waals surface area contributed by atoms with E-state index in [1.54, 1.807) is 24.3 Å². The van der Waals surface area contributed by atoms with Gasteiger partial charge in [-0.25, -0.2) is 0 Å². The van der Waals surface area contributed by atoms with Crippen LogP contribution in [0.3, 0.4) is 0 Å². The van der Waals surface area contributed by atoms with Crippen LogP contribution in [0.4, 0.5) is 5.69 Å². The Labute approximate surface area is 174 Å². The minimum Gasteiger partial charge on any atom is -0.349 e. The fraction of sp³-hybridized carbons (Fsp3) is 0.421. The lowest BCUT2D eigenvalue weighted by Gasteiger charge is -2.22. The summed E-state index contributed by atoms with van der Waals surface area (Å²) in [5.74, 6) is -0.527. The van der Waals surface area contributed by atoms with Crippen molar-refractivity contribution in [3.63, 3.8) is 0 Å². The number of piperidine rings is 1. The van der Waals surface area contributed by atoms with Gasteiger partial charge in [0.2, 0.25) is 0 Å². The molecular weight excluding hydrogens is 401 g/mol. The number of anilines is 1. The summed E-state index contributed by atoms with van der Waals surface area (Å²) in [7, 11) is 0. The molecule has 2 fully saturated rings. The van der Waals surface area contributed by atoms with Crippen LogP contribution in [-0.4, -0.2) is 40.7 Å². The van der Waals surface area contributed by atoms with Crippen molar-refractivity contribution in [2.75, 3.05) is 18.4 Å². The standard InChI is InChI=1S/C19H22ClN5O2.ClH/c20-16-6-5-13(10-15(16)18(26)22-12-3-4-12)23-19(27)17-7-9-25(24-17)14-2-1-8-21-11-14;/h5-7,9-10,12,14,21H,1-4,8,11H2,(H,22,26)(H,23,27);1H. The summed E-state index contributed by atoms with van der Waals surface area (Å²) in [4.78, 5) is 24.8. The number of hydrogen-bond acceptors (Lipinski definition) is 4. The Morgan fingerprint density at radius 3 is 2.71 bits per heavy atom. The highest BCUT2D eigenvalue weighted by Crippen LogP contribution is 2.24. The van der Waals surface area contributed by atoms with E-state index in [-0.39, 0.29) is 36.3 Å². The van der Waals surface area contributed by atoms with E-state index in [1.807, 2.05) is 10.9 Å². The van der Waals surface area contributed by atoms with E-state index >= 15 is 0 Å². The summed E-state index contributed by atoms with van der Waals surface area (Å²) < 4.78 is 1.84. The normalized spacial score (nSPS) is 18.8. The van der Waals surface area contributed by atoms with Crippen LogP contribution in [-0.2, 0) is 0 Å². The van der Waals surface area contributed by atoms with Gasteiger partial charge in [0.25, 0.3) is 11.8 Å². The van der Waals surface area contributed by atoms with Crippen LogP contribution in [0.1, 0.15) is 52.6 Å². The van der Waals surface area contributed by atoms with Gasteiger partial charge in [0.15, 0.2) is 5.69 Å². The lowest BCUT2D eigenvalue weighted by Crippen LogP contribution is -2.32. The van der Waals surface area contributed by atoms with Gasteiger partial charge >= 0.3 is 0 Å². The molecule has 1 aromatic carbocycles. The molecule has 1 aliphatic heterocycles. The van der Waals surface area contributed by atoms with Gasteiger partial charge in [-0.3, -0.25) is 14.3 Å². The SMILES string of the molecule is Cl.O=C(Nc1ccc(Cl)c(C(=O)NC2CC2)c1)c1ccn(C2CCCNC2)n1. The Balaban J connectivity index is 0.00000225. The Hall–Kier alpha value is -2.09. The maximum atomic E-state index is 12.5. The summed E-state index contributed by atoms with van der Waals surface area (Å²) in [6.45, 7) is 1.89. The molecule has 1 atom stereocenters. The fourth-order valence-electron chi connectivity index (χ4n) is 3.18. The molecule has 1 saturated carbocycles. The monoisotopic (exact) mass is 423 g/mol. The zero-order valence-corrected chi connectivity index (χ0v) is 16.9. The van der Waals surface area contributed by atoms with Gasteiger partial charge in [0.05, 0.1) is 16.6 Å². The number of benzene rings is 1. The minimum absolute atomic E-state index is 0. The Morgan fingerprint density at radius 1 is 1.18 bits per heavy atom. The van der Waals surface area contributed by atoms with Crippen molar-refractivity contribution in [3.05, 3.63) is 46.7 Å². The number of amides is 2. The van der Waals surface area contributed by atoms with Crippen molar-refractivity contribution in [1.29, 1.82) is 0 Å². The number of hydrogen-bond donors (Lipinski definition) is 3. The summed E-state index contributed by atoms with van der Waals surface area (Å²) in [5, 5.41) is 13.8. The molecule has 0 bridgehead atoms. The van der Waals surface area contributed by atoms with E-state index in [9.17, 15) is 9.59 Å². The average Bonchev–Trinajstić information content (AvgIpc) is 3.35. The van der Waals surface area contributed by atoms with Crippen molar-refractivity contribution in [3.8, 4) is 0 Å². The average molecular weight is 424 g/mol. The van der Waals surface area contributed by atoms with Crippen LogP contribution >= 0.6 is 24.0 Å². The van der Waals surface area contributed by atoms with Crippen molar-refractivity contribution < 1.29 is 9.59 Å². The van der Waals surface area contributed by atoms with Crippen LogP contribution in [0.5, 0.6) is 0 Å². The smallest absolute Gasteiger partial charge is 0.276 e. The van der Waals surface area contributed by atoms with Gasteiger partial charge in [0, 0.05) is 24.5 Å². The third-order valence-electron chi connectivity index (χ3n) is 4.87. The molecule has 0 spiro atoms. The molecule has 3 N–H and O–H groups in total. The fourth-order valence-corrected chi connectivity index (χ4v) is 3.39. The molecule has 2 heterocycles. The predicted octanol–water partition coefficient (Wildman–Crippen LogP) is 3.03. The van der Waals surface area contributed by atoms with Gasteiger partial charge in [-0.2, -0.15) is 5.10 Å². The molecule has 4 rings (SSSR count). The van der Waals surface area contributed by atoms with E-state index in [0.717, 1.165) is 38.8 Å². The van der Waals surface area contributed by atoms with E-state index in [4.69, 9.17) is 11.6 Å². The Kier molecular flexibility index (Phi) is 6.59. The third-order valence-corrected chi connectivity index (χ3v) is 5.20. The Morgan fingerprint density at radius 2 is 2.00 bits per heavy atom. The van der Waals surface area contributed by atoms with E-state index in [2.05, 4.69) is 21.0 Å². The summed E-state index contributed by atoms with van der Waals surface area (Å²) >= 11 is 6.14. The highest BCUT2D eigenvalue weighted by atomic mass is 35.5. The molecule has 28 heavy (non-hydrogen) atoms. The van der Waals surface area contributed by atoms with Crippen molar-refractivity contribution in [2.45, 2.75) is 37.8 Å². The van der Waals surface area contributed by atoms with Gasteiger partial charge in [0.1, 0.15) is 0 Å². The van der Waals surface area contributed by atoms with Crippen molar-refractivity contribution in [2.24, 2.45) is 0 Å². The first-order valence-corrected chi connectivity index (χ1v) is 9.65. The Bertz CT molecular complexity index is 860. The third kappa shape index (κ3) is 4.84. The number of carbonyl (C=O) groups is 2. The highest BCUT2D eigenvalue weighted by Gasteiger charge is 2.25. The number of rotatable bonds is 5. The first kappa shape index (κ1) is 20.6. The molecule has 1 aromatic heterocycles. The largest absolute Gasteiger partial charge is 0.349 e. The molecule has 2 amide bonds. The first-order chi connectivity index (χ1) is 13.1. The van der Waals surface area contributed by atoms with Gasteiger partial charge in [-0.15, -0.1) is 12.4 Å². The molecule has 150 valence electrons. The van der Waals surface area contributed by atoms with Crippen LogP contribution in [0.25, 0.3) is 0 Å². The van der Waals surface area contributed by atoms with Gasteiger partial charge in [-0.1, -0.05) is 11.6 Å². The molecule has 7 nitrogen and oxygen atoms in total. The molecule has 2 aliphatic rings. The maximum absolute atomic E-state index is 12.5. The van der Waals surface area contributed by atoms with Gasteiger partial charge < -0.3 is 16.0 Å². The zero-order valence-electron chi connectivity index (χ0n) is 15.3. The molecule has 2 aromatic rings. The zero-order chi connectivity index (χ0) is 18.8. The molecule has 1 aliphatic carbocycles. The highest BCUT2D eigenvalue weighted by molar-refractivity contribution is 6.34. The molecule has 0 radical (unpaired) electrons. The lowest BCUT2D eigenvalue weighted by molar-refractivity contribution is 0.0949. The number of carbonyl (C=O) groups excluding carboxylic acids is 2. The second-order valence-electron chi connectivity index (χ2n) is 7.08. The number of halogens is 2. The minimum atomic E-state index is -0.312. The van der Waals surface area contributed by atoms with E-state index in [0.29, 0.717) is 22.0 Å². The molecule has 9 heteroatoms. The molecular formula is C19H23Cl2N5O2. The molecule has 1 unspecified atom stereocenters. The lowest BCUT2D eigenvalue weighted by atomic mass is 10.1. The maximum Gasteiger partial charge on any atom is 0.276 e. The number of aromatic nitrogens is 2. The second-order valence-corrected chi connectivity index (χ2v) is 7.48.